The maximum absolute atomic E-state index is 12.9. The molecule has 0 spiro atoms. The van der Waals surface area contributed by atoms with Gasteiger partial charge in [0.05, 0.1) is 0 Å². The molecule has 2 heterocycles. The van der Waals surface area contributed by atoms with Crippen LogP contribution in [0.4, 0.5) is 0 Å². The van der Waals surface area contributed by atoms with Crippen LogP contribution in [-0.2, 0) is 11.2 Å². The zero-order valence-electron chi connectivity index (χ0n) is 17.6. The lowest BCUT2D eigenvalue weighted by atomic mass is 10.1. The van der Waals surface area contributed by atoms with E-state index in [0.717, 1.165) is 25.1 Å². The molecular formula is C24H28N4O2. The Kier molecular flexibility index (Phi) is 6.23. The zero-order valence-corrected chi connectivity index (χ0v) is 17.6. The van der Waals surface area contributed by atoms with Crippen molar-refractivity contribution >= 4 is 5.91 Å². The average Bonchev–Trinajstić information content (AvgIpc) is 3.28. The van der Waals surface area contributed by atoms with Crippen molar-refractivity contribution in [2.24, 2.45) is 0 Å². The minimum atomic E-state index is -0.0932. The van der Waals surface area contributed by atoms with Crippen molar-refractivity contribution in [1.82, 2.24) is 19.9 Å². The van der Waals surface area contributed by atoms with Gasteiger partial charge in [-0.25, -0.2) is 0 Å². The molecule has 0 aliphatic carbocycles. The van der Waals surface area contributed by atoms with Crippen LogP contribution in [0.15, 0.2) is 65.2 Å². The fraction of sp³-hybridized carbons (Fsp3) is 0.375. The maximum Gasteiger partial charge on any atom is 0.246 e. The standard InChI is InChI=1S/C24H28N4O2/c1-18(2)28-16-15-27(22(29)14-13-19-9-5-3-6-10-19)17-21(28)24-25-23(26-30-24)20-11-7-4-8-12-20/h3-12,18,21H,13-17H2,1-2H3. The average molecular weight is 405 g/mol. The summed E-state index contributed by atoms with van der Waals surface area (Å²) in [6.45, 7) is 6.41. The Morgan fingerprint density at radius 1 is 1.07 bits per heavy atom. The van der Waals surface area contributed by atoms with Gasteiger partial charge in [0.25, 0.3) is 0 Å². The number of amides is 1. The molecule has 1 aliphatic heterocycles. The first kappa shape index (κ1) is 20.3. The van der Waals surface area contributed by atoms with E-state index < -0.39 is 0 Å². The number of aryl methyl sites for hydroxylation is 1. The van der Waals surface area contributed by atoms with Crippen molar-refractivity contribution in [3.8, 4) is 11.4 Å². The number of carbonyl (C=O) groups is 1. The van der Waals surface area contributed by atoms with Crippen LogP contribution in [0.5, 0.6) is 0 Å². The van der Waals surface area contributed by atoms with Gasteiger partial charge in [-0.2, -0.15) is 4.98 Å². The molecule has 1 atom stereocenters. The van der Waals surface area contributed by atoms with Crippen molar-refractivity contribution in [2.75, 3.05) is 19.6 Å². The summed E-state index contributed by atoms with van der Waals surface area (Å²) in [6, 6.07) is 20.2. The van der Waals surface area contributed by atoms with E-state index in [9.17, 15) is 4.79 Å². The molecule has 6 nitrogen and oxygen atoms in total. The molecule has 0 bridgehead atoms. The fourth-order valence-electron chi connectivity index (χ4n) is 3.99. The van der Waals surface area contributed by atoms with Crippen molar-refractivity contribution in [1.29, 1.82) is 0 Å². The SMILES string of the molecule is CC(C)N1CCN(C(=O)CCc2ccccc2)CC1c1nc(-c2ccccc2)no1. The van der Waals surface area contributed by atoms with Gasteiger partial charge in [-0.1, -0.05) is 65.8 Å². The van der Waals surface area contributed by atoms with E-state index in [0.29, 0.717) is 30.7 Å². The van der Waals surface area contributed by atoms with Gasteiger partial charge < -0.3 is 9.42 Å². The molecule has 1 unspecified atom stereocenters. The van der Waals surface area contributed by atoms with E-state index in [-0.39, 0.29) is 11.9 Å². The van der Waals surface area contributed by atoms with Gasteiger partial charge in [0.1, 0.15) is 6.04 Å². The lowest BCUT2D eigenvalue weighted by Gasteiger charge is -2.41. The second kappa shape index (κ2) is 9.22. The molecule has 4 rings (SSSR count). The normalized spacial score (nSPS) is 17.4. The number of carbonyl (C=O) groups excluding carboxylic acids is 1. The Hall–Kier alpha value is -2.99. The molecule has 1 saturated heterocycles. The largest absolute Gasteiger partial charge is 0.339 e. The predicted octanol–water partition coefficient (Wildman–Crippen LogP) is 3.96. The second-order valence-electron chi connectivity index (χ2n) is 7.99. The Bertz CT molecular complexity index is 956. The van der Waals surface area contributed by atoms with Crippen LogP contribution in [0.1, 0.15) is 37.8 Å². The molecule has 0 saturated carbocycles. The van der Waals surface area contributed by atoms with Gasteiger partial charge >= 0.3 is 0 Å². The zero-order chi connectivity index (χ0) is 20.9. The van der Waals surface area contributed by atoms with Gasteiger partial charge in [-0.15, -0.1) is 0 Å². The van der Waals surface area contributed by atoms with Gasteiger partial charge in [0.15, 0.2) is 0 Å². The third-order valence-electron chi connectivity index (χ3n) is 5.67. The summed E-state index contributed by atoms with van der Waals surface area (Å²) in [5.74, 6) is 1.33. The molecule has 0 radical (unpaired) electrons. The molecule has 2 aromatic carbocycles. The highest BCUT2D eigenvalue weighted by molar-refractivity contribution is 5.76. The summed E-state index contributed by atoms with van der Waals surface area (Å²) in [5.41, 5.74) is 2.11. The van der Waals surface area contributed by atoms with E-state index in [1.165, 1.54) is 5.56 Å². The van der Waals surface area contributed by atoms with Gasteiger partial charge in [-0.05, 0) is 25.8 Å². The third kappa shape index (κ3) is 4.60. The van der Waals surface area contributed by atoms with Crippen molar-refractivity contribution in [2.45, 2.75) is 38.8 Å². The molecule has 1 fully saturated rings. The second-order valence-corrected chi connectivity index (χ2v) is 7.99. The first-order valence-electron chi connectivity index (χ1n) is 10.6. The Labute approximate surface area is 177 Å². The molecule has 1 aromatic heterocycles. The van der Waals surface area contributed by atoms with Crippen molar-refractivity contribution in [3.63, 3.8) is 0 Å². The first-order valence-corrected chi connectivity index (χ1v) is 10.6. The van der Waals surface area contributed by atoms with Crippen LogP contribution in [0.2, 0.25) is 0 Å². The van der Waals surface area contributed by atoms with E-state index in [1.807, 2.05) is 53.4 Å². The topological polar surface area (TPSA) is 62.5 Å². The Morgan fingerprint density at radius 3 is 2.47 bits per heavy atom. The van der Waals surface area contributed by atoms with Crippen LogP contribution in [-0.4, -0.2) is 51.5 Å². The third-order valence-corrected chi connectivity index (χ3v) is 5.67. The minimum Gasteiger partial charge on any atom is -0.339 e. The van der Waals surface area contributed by atoms with Crippen LogP contribution in [0, 0.1) is 0 Å². The van der Waals surface area contributed by atoms with E-state index >= 15 is 0 Å². The van der Waals surface area contributed by atoms with Crippen LogP contribution >= 0.6 is 0 Å². The first-order chi connectivity index (χ1) is 14.6. The van der Waals surface area contributed by atoms with Crippen LogP contribution < -0.4 is 0 Å². The molecular weight excluding hydrogens is 376 g/mol. The highest BCUT2D eigenvalue weighted by Gasteiger charge is 2.35. The number of benzene rings is 2. The summed E-state index contributed by atoms with van der Waals surface area (Å²) in [5, 5.41) is 4.19. The number of rotatable bonds is 6. The lowest BCUT2D eigenvalue weighted by Crippen LogP contribution is -2.52. The summed E-state index contributed by atoms with van der Waals surface area (Å²) in [7, 11) is 0. The molecule has 156 valence electrons. The highest BCUT2D eigenvalue weighted by atomic mass is 16.5. The molecule has 3 aromatic rings. The number of nitrogens with zero attached hydrogens (tertiary/aromatic N) is 4. The fourth-order valence-corrected chi connectivity index (χ4v) is 3.99. The van der Waals surface area contributed by atoms with Gasteiger partial charge in [0.2, 0.25) is 17.6 Å². The predicted molar refractivity (Wildman–Crippen MR) is 116 cm³/mol. The van der Waals surface area contributed by atoms with Crippen molar-refractivity contribution < 1.29 is 9.32 Å². The minimum absolute atomic E-state index is 0.0932. The molecule has 1 amide bonds. The number of hydrogen-bond acceptors (Lipinski definition) is 5. The number of aromatic nitrogens is 2. The number of piperazine rings is 1. The van der Waals surface area contributed by atoms with E-state index in [2.05, 4.69) is 41.0 Å². The Morgan fingerprint density at radius 2 is 1.77 bits per heavy atom. The molecule has 0 N–H and O–H groups in total. The molecule has 6 heteroatoms. The smallest absolute Gasteiger partial charge is 0.246 e. The molecule has 1 aliphatic rings. The van der Waals surface area contributed by atoms with Crippen LogP contribution in [0.25, 0.3) is 11.4 Å². The number of hydrogen-bond donors (Lipinski definition) is 0. The lowest BCUT2D eigenvalue weighted by molar-refractivity contribution is -0.135. The Balaban J connectivity index is 1.47. The van der Waals surface area contributed by atoms with Crippen molar-refractivity contribution in [3.05, 3.63) is 72.1 Å². The summed E-state index contributed by atoms with van der Waals surface area (Å²) < 4.78 is 5.66. The quantitative estimate of drug-likeness (QED) is 0.622. The summed E-state index contributed by atoms with van der Waals surface area (Å²) in [4.78, 5) is 21.8. The summed E-state index contributed by atoms with van der Waals surface area (Å²) in [6.07, 6.45) is 1.27. The van der Waals surface area contributed by atoms with E-state index in [4.69, 9.17) is 4.52 Å². The van der Waals surface area contributed by atoms with E-state index in [1.54, 1.807) is 0 Å². The monoisotopic (exact) mass is 404 g/mol. The van der Waals surface area contributed by atoms with Gasteiger partial charge in [-0.3, -0.25) is 9.69 Å². The van der Waals surface area contributed by atoms with Crippen LogP contribution in [0.3, 0.4) is 0 Å². The van der Waals surface area contributed by atoms with Gasteiger partial charge in [0, 0.05) is 37.7 Å². The maximum atomic E-state index is 12.9. The summed E-state index contributed by atoms with van der Waals surface area (Å²) >= 11 is 0. The highest BCUT2D eigenvalue weighted by Crippen LogP contribution is 2.28. The molecule has 30 heavy (non-hydrogen) atoms.